The van der Waals surface area contributed by atoms with Gasteiger partial charge >= 0.3 is 6.18 Å². The Balaban J connectivity index is 3.31. The number of halogens is 4. The van der Waals surface area contributed by atoms with Gasteiger partial charge in [0.2, 0.25) is 0 Å². The molecule has 0 saturated heterocycles. The zero-order chi connectivity index (χ0) is 11.6. The minimum absolute atomic E-state index is 0.325. The number of hydrogen-bond donors (Lipinski definition) is 0. The summed E-state index contributed by atoms with van der Waals surface area (Å²) in [4.78, 5) is 10.8. The molecule has 0 heterocycles. The summed E-state index contributed by atoms with van der Waals surface area (Å²) < 4.78 is 37.0. The molecule has 15 heavy (non-hydrogen) atoms. The van der Waals surface area contributed by atoms with Crippen LogP contribution in [0.2, 0.25) is 5.02 Å². The number of rotatable bonds is 1. The van der Waals surface area contributed by atoms with Crippen molar-refractivity contribution in [1.29, 1.82) is 5.26 Å². The molecule has 6 heteroatoms. The minimum Gasteiger partial charge on any atom is -0.277 e. The number of carbonyl (C=O) groups is 1. The molecule has 0 spiro atoms. The summed E-state index contributed by atoms with van der Waals surface area (Å²) in [5, 5.41) is 7.73. The monoisotopic (exact) mass is 233 g/mol. The molecule has 0 aliphatic heterocycles. The molecule has 78 valence electrons. The average Bonchev–Trinajstić information content (AvgIpc) is 2.15. The molecule has 0 amide bonds. The van der Waals surface area contributed by atoms with Gasteiger partial charge in [0, 0.05) is 5.56 Å². The Labute approximate surface area is 87.9 Å². The third-order valence-corrected chi connectivity index (χ3v) is 1.97. The van der Waals surface area contributed by atoms with E-state index in [2.05, 4.69) is 0 Å². The molecular weight excluding hydrogens is 231 g/mol. The molecule has 1 aromatic carbocycles. The van der Waals surface area contributed by atoms with Crippen LogP contribution in [0.3, 0.4) is 0 Å². The maximum atomic E-state index is 12.3. The lowest BCUT2D eigenvalue weighted by Crippen LogP contribution is -2.07. The number of ketones is 1. The molecule has 0 aliphatic rings. The number of carbonyl (C=O) groups excluding carboxylic acids is 1. The molecule has 0 bridgehead atoms. The van der Waals surface area contributed by atoms with Gasteiger partial charge in [-0.15, -0.1) is 0 Å². The van der Waals surface area contributed by atoms with Gasteiger partial charge in [-0.1, -0.05) is 11.6 Å². The topological polar surface area (TPSA) is 40.9 Å². The van der Waals surface area contributed by atoms with E-state index in [1.54, 1.807) is 0 Å². The summed E-state index contributed by atoms with van der Waals surface area (Å²) in [6.07, 6.45) is -4.64. The Hall–Kier alpha value is -1.54. The summed E-state index contributed by atoms with van der Waals surface area (Å²) in [6.45, 7) is 0. The van der Waals surface area contributed by atoms with Gasteiger partial charge < -0.3 is 0 Å². The molecule has 0 radical (unpaired) electrons. The number of benzene rings is 1. The predicted molar refractivity (Wildman–Crippen MR) is 46.4 cm³/mol. The van der Waals surface area contributed by atoms with Gasteiger partial charge in [0.05, 0.1) is 10.6 Å². The molecule has 2 nitrogen and oxygen atoms in total. The van der Waals surface area contributed by atoms with Crippen molar-refractivity contribution in [2.75, 3.05) is 0 Å². The smallest absolute Gasteiger partial charge is 0.277 e. The molecule has 0 unspecified atom stereocenters. The van der Waals surface area contributed by atoms with Crippen LogP contribution in [-0.2, 0) is 6.18 Å². The van der Waals surface area contributed by atoms with Crippen molar-refractivity contribution in [3.8, 4) is 6.07 Å². The molecule has 0 N–H and O–H groups in total. The summed E-state index contributed by atoms with van der Waals surface area (Å²) in [7, 11) is 0. The van der Waals surface area contributed by atoms with Crippen molar-refractivity contribution in [1.82, 2.24) is 0 Å². The highest BCUT2D eigenvalue weighted by Gasteiger charge is 2.33. The van der Waals surface area contributed by atoms with Crippen LogP contribution in [0.25, 0.3) is 0 Å². The summed E-state index contributed by atoms with van der Waals surface area (Å²) in [5.41, 5.74) is -1.44. The number of alkyl halides is 3. The Morgan fingerprint density at radius 3 is 2.47 bits per heavy atom. The van der Waals surface area contributed by atoms with Crippen LogP contribution in [0.1, 0.15) is 15.9 Å². The number of hydrogen-bond acceptors (Lipinski definition) is 2. The van der Waals surface area contributed by atoms with E-state index in [4.69, 9.17) is 16.9 Å². The van der Waals surface area contributed by atoms with Crippen LogP contribution >= 0.6 is 11.6 Å². The predicted octanol–water partition coefficient (Wildman–Crippen LogP) is 3.07. The van der Waals surface area contributed by atoms with Crippen molar-refractivity contribution < 1.29 is 18.0 Å². The van der Waals surface area contributed by atoms with Crippen molar-refractivity contribution in [2.45, 2.75) is 6.18 Å². The van der Waals surface area contributed by atoms with Crippen molar-refractivity contribution in [3.63, 3.8) is 0 Å². The molecular formula is C9H3ClF3NO. The van der Waals surface area contributed by atoms with Crippen LogP contribution in [0.15, 0.2) is 18.2 Å². The van der Waals surface area contributed by atoms with Gasteiger partial charge in [0.15, 0.2) is 0 Å². The van der Waals surface area contributed by atoms with Gasteiger partial charge in [0.25, 0.3) is 5.78 Å². The second-order valence-electron chi connectivity index (χ2n) is 2.63. The summed E-state index contributed by atoms with van der Waals surface area (Å²) in [6, 6.07) is 3.81. The van der Waals surface area contributed by atoms with E-state index in [1.807, 2.05) is 0 Å². The third-order valence-electron chi connectivity index (χ3n) is 1.64. The molecule has 1 aromatic rings. The lowest BCUT2D eigenvalue weighted by atomic mass is 10.1. The second-order valence-corrected chi connectivity index (χ2v) is 3.04. The second kappa shape index (κ2) is 3.91. The van der Waals surface area contributed by atoms with Crippen molar-refractivity contribution in [3.05, 3.63) is 34.3 Å². The fourth-order valence-corrected chi connectivity index (χ4v) is 1.17. The SMILES string of the molecule is N#CC(=O)c1ccc(Cl)c(C(F)(F)F)c1. The highest BCUT2D eigenvalue weighted by atomic mass is 35.5. The fourth-order valence-electron chi connectivity index (χ4n) is 0.948. The van der Waals surface area contributed by atoms with Gasteiger partial charge in [-0.25, -0.2) is 0 Å². The van der Waals surface area contributed by atoms with Gasteiger partial charge in [-0.05, 0) is 18.2 Å². The molecule has 0 saturated carbocycles. The minimum atomic E-state index is -4.64. The number of nitriles is 1. The first-order chi connectivity index (χ1) is 6.86. The van der Waals surface area contributed by atoms with E-state index < -0.39 is 22.5 Å². The van der Waals surface area contributed by atoms with Gasteiger partial charge in [-0.2, -0.15) is 18.4 Å². The molecule has 0 aliphatic carbocycles. The van der Waals surface area contributed by atoms with Crippen LogP contribution < -0.4 is 0 Å². The molecule has 1 rings (SSSR count). The molecule has 0 atom stereocenters. The van der Waals surface area contributed by atoms with E-state index in [0.29, 0.717) is 6.07 Å². The average molecular weight is 234 g/mol. The van der Waals surface area contributed by atoms with Crippen LogP contribution in [-0.4, -0.2) is 5.78 Å². The van der Waals surface area contributed by atoms with Crippen molar-refractivity contribution >= 4 is 17.4 Å². The van der Waals surface area contributed by atoms with Crippen LogP contribution in [0.4, 0.5) is 13.2 Å². The van der Waals surface area contributed by atoms with Crippen LogP contribution in [0, 0.1) is 11.3 Å². The van der Waals surface area contributed by atoms with Gasteiger partial charge in [0.1, 0.15) is 6.07 Å². The highest BCUT2D eigenvalue weighted by molar-refractivity contribution is 6.31. The van der Waals surface area contributed by atoms with Gasteiger partial charge in [-0.3, -0.25) is 4.79 Å². The normalized spacial score (nSPS) is 10.9. The zero-order valence-electron chi connectivity index (χ0n) is 7.10. The van der Waals surface area contributed by atoms with Crippen molar-refractivity contribution in [2.24, 2.45) is 0 Å². The highest BCUT2D eigenvalue weighted by Crippen LogP contribution is 2.35. The molecule has 0 aromatic heterocycles. The first-order valence-electron chi connectivity index (χ1n) is 3.67. The number of nitrogens with zero attached hydrogens (tertiary/aromatic N) is 1. The lowest BCUT2D eigenvalue weighted by molar-refractivity contribution is -0.137. The molecule has 0 fully saturated rings. The van der Waals surface area contributed by atoms with E-state index in [0.717, 1.165) is 12.1 Å². The van der Waals surface area contributed by atoms with E-state index in [-0.39, 0.29) is 5.56 Å². The third kappa shape index (κ3) is 2.48. The Kier molecular flexibility index (Phi) is 3.01. The summed E-state index contributed by atoms with van der Waals surface area (Å²) >= 11 is 5.31. The van der Waals surface area contributed by atoms with E-state index in [9.17, 15) is 18.0 Å². The number of Topliss-reactive ketones (excluding diaryl/α,β-unsaturated/α-hetero) is 1. The Morgan fingerprint density at radius 1 is 1.40 bits per heavy atom. The van der Waals surface area contributed by atoms with Crippen LogP contribution in [0.5, 0.6) is 0 Å². The zero-order valence-corrected chi connectivity index (χ0v) is 7.86. The fraction of sp³-hybridized carbons (Fsp3) is 0.111. The maximum Gasteiger partial charge on any atom is 0.417 e. The standard InChI is InChI=1S/C9H3ClF3NO/c10-7-2-1-5(8(15)4-14)3-6(7)9(11,12)13/h1-3H. The first kappa shape index (κ1) is 11.5. The quantitative estimate of drug-likeness (QED) is 0.552. The van der Waals surface area contributed by atoms with E-state index >= 15 is 0 Å². The largest absolute Gasteiger partial charge is 0.417 e. The lowest BCUT2D eigenvalue weighted by Gasteiger charge is -2.08. The van der Waals surface area contributed by atoms with E-state index in [1.165, 1.54) is 6.07 Å². The maximum absolute atomic E-state index is 12.3. The summed E-state index contributed by atoms with van der Waals surface area (Å²) in [5.74, 6) is -1.03. The first-order valence-corrected chi connectivity index (χ1v) is 4.05. The Bertz CT molecular complexity index is 448. The Morgan fingerprint density at radius 2 is 2.00 bits per heavy atom.